The number of hydrogen-bond acceptors (Lipinski definition) is 2. The van der Waals surface area contributed by atoms with E-state index < -0.39 is 11.4 Å². The van der Waals surface area contributed by atoms with E-state index in [2.05, 4.69) is 10.6 Å². The van der Waals surface area contributed by atoms with Crippen molar-refractivity contribution in [1.82, 2.24) is 10.6 Å². The summed E-state index contributed by atoms with van der Waals surface area (Å²) in [5, 5.41) is 15.2. The van der Waals surface area contributed by atoms with Crippen molar-refractivity contribution in [2.75, 3.05) is 6.54 Å². The van der Waals surface area contributed by atoms with Crippen molar-refractivity contribution in [3.8, 4) is 0 Å². The molecule has 0 heterocycles. The summed E-state index contributed by atoms with van der Waals surface area (Å²) in [5.74, 6) is 1.50. The van der Waals surface area contributed by atoms with Gasteiger partial charge in [0.05, 0.1) is 5.41 Å². The molecule has 2 amide bonds. The fraction of sp³-hybridized carbons (Fsp3) is 0.875. The molecule has 3 fully saturated rings. The third-order valence-electron chi connectivity index (χ3n) is 6.16. The number of rotatable bonds is 4. The molecule has 0 aromatic rings. The molecule has 3 N–H and O–H groups in total. The van der Waals surface area contributed by atoms with Crippen molar-refractivity contribution in [3.05, 3.63) is 0 Å². The van der Waals surface area contributed by atoms with Crippen molar-refractivity contribution in [1.29, 1.82) is 0 Å². The van der Waals surface area contributed by atoms with Crippen LogP contribution in [0.15, 0.2) is 0 Å². The normalized spacial score (nSPS) is 41.2. The Hall–Kier alpha value is -1.26. The number of urea groups is 1. The summed E-state index contributed by atoms with van der Waals surface area (Å²) >= 11 is 0. The van der Waals surface area contributed by atoms with Crippen molar-refractivity contribution in [3.63, 3.8) is 0 Å². The summed E-state index contributed by atoms with van der Waals surface area (Å²) in [6.07, 6.45) is 7.53. The molecule has 0 radical (unpaired) electrons. The minimum absolute atomic E-state index is 0.197. The van der Waals surface area contributed by atoms with Crippen LogP contribution >= 0.6 is 0 Å². The van der Waals surface area contributed by atoms with Gasteiger partial charge >= 0.3 is 12.0 Å². The Kier molecular flexibility index (Phi) is 3.84. The third kappa shape index (κ3) is 2.74. The van der Waals surface area contributed by atoms with Crippen LogP contribution in [0.4, 0.5) is 4.79 Å². The third-order valence-corrected chi connectivity index (χ3v) is 6.16. The van der Waals surface area contributed by atoms with Crippen LogP contribution in [0, 0.1) is 23.2 Å². The Bertz CT molecular complexity index is 439. The summed E-state index contributed by atoms with van der Waals surface area (Å²) in [7, 11) is 0. The molecule has 118 valence electrons. The zero-order valence-corrected chi connectivity index (χ0v) is 12.7. The Morgan fingerprint density at radius 2 is 2.05 bits per heavy atom. The lowest BCUT2D eigenvalue weighted by Gasteiger charge is -2.28. The molecule has 3 aliphatic carbocycles. The predicted octanol–water partition coefficient (Wildman–Crippen LogP) is 2.37. The zero-order valence-electron chi connectivity index (χ0n) is 12.7. The fourth-order valence-electron chi connectivity index (χ4n) is 4.71. The highest BCUT2D eigenvalue weighted by Gasteiger charge is 2.46. The number of carboxylic acid groups (broad SMARTS) is 1. The number of carbonyl (C=O) groups is 2. The first-order valence-electron chi connectivity index (χ1n) is 8.27. The molecular formula is C16H26N2O3. The molecule has 5 atom stereocenters. The van der Waals surface area contributed by atoms with Gasteiger partial charge in [-0.05, 0) is 56.8 Å². The standard InChI is InChI=1S/C16H26N2O3/c1-16(14(19)20)6-2-3-13(16)18-15(21)17-9-12-8-10-4-5-11(12)7-10/h10-13H,2-9H2,1H3,(H,19,20)(H2,17,18,21). The molecule has 3 rings (SSSR count). The van der Waals surface area contributed by atoms with Crippen LogP contribution < -0.4 is 10.6 Å². The van der Waals surface area contributed by atoms with Crippen molar-refractivity contribution in [2.45, 2.75) is 57.9 Å². The lowest BCUT2D eigenvalue weighted by molar-refractivity contribution is -0.148. The molecule has 0 spiro atoms. The molecule has 3 saturated carbocycles. The van der Waals surface area contributed by atoms with Crippen LogP contribution in [-0.2, 0) is 4.79 Å². The Labute approximate surface area is 125 Å². The maximum atomic E-state index is 12.1. The molecule has 21 heavy (non-hydrogen) atoms. The molecule has 2 bridgehead atoms. The molecule has 3 aliphatic rings. The highest BCUT2D eigenvalue weighted by atomic mass is 16.4. The average Bonchev–Trinajstić information content (AvgIpc) is 3.13. The smallest absolute Gasteiger partial charge is 0.315 e. The van der Waals surface area contributed by atoms with Crippen molar-refractivity contribution < 1.29 is 14.7 Å². The predicted molar refractivity (Wildman–Crippen MR) is 78.9 cm³/mol. The quantitative estimate of drug-likeness (QED) is 0.745. The molecular weight excluding hydrogens is 268 g/mol. The fourth-order valence-corrected chi connectivity index (χ4v) is 4.71. The van der Waals surface area contributed by atoms with Crippen LogP contribution in [0.1, 0.15) is 51.9 Å². The van der Waals surface area contributed by atoms with E-state index in [0.29, 0.717) is 12.3 Å². The maximum Gasteiger partial charge on any atom is 0.315 e. The topological polar surface area (TPSA) is 78.4 Å². The monoisotopic (exact) mass is 294 g/mol. The van der Waals surface area contributed by atoms with Gasteiger partial charge in [-0.15, -0.1) is 0 Å². The molecule has 0 saturated heterocycles. The molecule has 5 heteroatoms. The number of aliphatic carboxylic acids is 1. The van der Waals surface area contributed by atoms with E-state index in [9.17, 15) is 14.7 Å². The van der Waals surface area contributed by atoms with Gasteiger partial charge in [0.15, 0.2) is 0 Å². The number of carbonyl (C=O) groups excluding carboxylic acids is 1. The summed E-state index contributed by atoms with van der Waals surface area (Å²) in [4.78, 5) is 23.5. The Morgan fingerprint density at radius 3 is 2.67 bits per heavy atom. The number of nitrogens with one attached hydrogen (secondary N) is 2. The van der Waals surface area contributed by atoms with E-state index >= 15 is 0 Å². The van der Waals surface area contributed by atoms with Crippen LogP contribution in [0.25, 0.3) is 0 Å². The molecule has 0 aromatic heterocycles. The van der Waals surface area contributed by atoms with Crippen LogP contribution in [0.2, 0.25) is 0 Å². The first kappa shape index (κ1) is 14.7. The van der Waals surface area contributed by atoms with Crippen LogP contribution in [0.5, 0.6) is 0 Å². The van der Waals surface area contributed by atoms with Gasteiger partial charge in [-0.25, -0.2) is 4.79 Å². The van der Waals surface area contributed by atoms with Gasteiger partial charge in [-0.3, -0.25) is 4.79 Å². The van der Waals surface area contributed by atoms with Gasteiger partial charge in [0.25, 0.3) is 0 Å². The lowest BCUT2D eigenvalue weighted by atomic mass is 9.85. The highest BCUT2D eigenvalue weighted by molar-refractivity contribution is 5.79. The maximum absolute atomic E-state index is 12.1. The van der Waals surface area contributed by atoms with E-state index in [-0.39, 0.29) is 12.1 Å². The largest absolute Gasteiger partial charge is 0.481 e. The van der Waals surface area contributed by atoms with Gasteiger partial charge in [0, 0.05) is 12.6 Å². The summed E-state index contributed by atoms with van der Waals surface area (Å²) in [5.41, 5.74) is -0.816. The second-order valence-electron chi connectivity index (χ2n) is 7.46. The number of carboxylic acids is 1. The van der Waals surface area contributed by atoms with Crippen molar-refractivity contribution >= 4 is 12.0 Å². The van der Waals surface area contributed by atoms with Gasteiger partial charge in [-0.2, -0.15) is 0 Å². The van der Waals surface area contributed by atoms with E-state index in [1.54, 1.807) is 6.92 Å². The molecule has 0 aliphatic heterocycles. The Morgan fingerprint density at radius 1 is 1.24 bits per heavy atom. The summed E-state index contributed by atoms with van der Waals surface area (Å²) in [6.45, 7) is 2.48. The van der Waals surface area contributed by atoms with Gasteiger partial charge in [-0.1, -0.05) is 12.8 Å². The minimum atomic E-state index is -0.816. The number of hydrogen-bond donors (Lipinski definition) is 3. The number of amides is 2. The first-order chi connectivity index (χ1) is 9.99. The molecule has 5 nitrogen and oxygen atoms in total. The summed E-state index contributed by atoms with van der Waals surface area (Å²) < 4.78 is 0. The second-order valence-corrected chi connectivity index (χ2v) is 7.46. The molecule has 5 unspecified atom stereocenters. The van der Waals surface area contributed by atoms with Gasteiger partial charge < -0.3 is 15.7 Å². The van der Waals surface area contributed by atoms with Gasteiger partial charge in [0.2, 0.25) is 0 Å². The first-order valence-corrected chi connectivity index (χ1v) is 8.27. The second kappa shape index (κ2) is 5.50. The summed E-state index contributed by atoms with van der Waals surface area (Å²) in [6, 6.07) is -0.452. The Balaban J connectivity index is 1.47. The molecule has 0 aromatic carbocycles. The zero-order chi connectivity index (χ0) is 15.0. The van der Waals surface area contributed by atoms with E-state index in [4.69, 9.17) is 0 Å². The number of fused-ring (bicyclic) bond motifs is 2. The van der Waals surface area contributed by atoms with Crippen LogP contribution in [0.3, 0.4) is 0 Å². The average molecular weight is 294 g/mol. The van der Waals surface area contributed by atoms with E-state index in [1.165, 1.54) is 25.7 Å². The van der Waals surface area contributed by atoms with E-state index in [1.807, 2.05) is 0 Å². The lowest BCUT2D eigenvalue weighted by Crippen LogP contribution is -2.51. The highest BCUT2D eigenvalue weighted by Crippen LogP contribution is 2.47. The van der Waals surface area contributed by atoms with Crippen LogP contribution in [-0.4, -0.2) is 29.7 Å². The SMILES string of the molecule is CC1(C(=O)O)CCCC1NC(=O)NCC1CC2CCC1C2. The van der Waals surface area contributed by atoms with E-state index in [0.717, 1.165) is 31.2 Å². The minimum Gasteiger partial charge on any atom is -0.481 e. The van der Waals surface area contributed by atoms with Crippen molar-refractivity contribution in [2.24, 2.45) is 23.2 Å². The van der Waals surface area contributed by atoms with Gasteiger partial charge in [0.1, 0.15) is 0 Å².